The minimum atomic E-state index is -1.95. The zero-order chi connectivity index (χ0) is 52.8. The van der Waals surface area contributed by atoms with Crippen molar-refractivity contribution >= 4 is 29.5 Å². The van der Waals surface area contributed by atoms with Crippen LogP contribution in [0.15, 0.2) is 63.8 Å². The van der Waals surface area contributed by atoms with Crippen molar-refractivity contribution in [1.29, 1.82) is 0 Å². The number of phenolic OH excluding ortho intramolecular Hbond substituents is 4. The largest absolute Gasteiger partial charge is 0.507 e. The van der Waals surface area contributed by atoms with E-state index in [2.05, 4.69) is 4.74 Å². The molecule has 26 heteroatoms. The van der Waals surface area contributed by atoms with Gasteiger partial charge in [0.1, 0.15) is 83.5 Å². The smallest absolute Gasteiger partial charge is 0.336 e. The average Bonchev–Trinajstić information content (AvgIpc) is 3.36. The van der Waals surface area contributed by atoms with Gasteiger partial charge in [-0.1, -0.05) is 6.07 Å². The van der Waals surface area contributed by atoms with Gasteiger partial charge in [-0.15, -0.1) is 0 Å². The number of carbonyl (C=O) groups excluding carboxylic acids is 2. The van der Waals surface area contributed by atoms with Crippen LogP contribution in [0.2, 0.25) is 0 Å². The molecule has 0 saturated carbocycles. The van der Waals surface area contributed by atoms with Crippen molar-refractivity contribution in [3.05, 3.63) is 70.4 Å². The highest BCUT2D eigenvalue weighted by molar-refractivity contribution is 5.90. The molecule has 6 unspecified atom stereocenters. The number of hydrogen-bond acceptors (Lipinski definition) is 26. The standard InChI is InChI=1S/C47H54O26/c48-14-30-36(57)35(56)22(16-65-17-32-38(59)40(61)37(58)31(15-49)70-32)27(69-30)2-1-9-66-45-39(60)34-26(54)12-21(68-47-43(64)41(62)42(63)46(73-47)67-18-50)13-29(34)72-44(45)20-5-7-24(52)28(11-20)71-33(55)8-4-19-3-6-23(51)25(53)10-19/h3-8,10-13,18,22,27,30-32,35-38,40-43,46-49,51-54,56-59,61-64H,1-2,9,14-17H2/b8-4+/t22?,27-,30?,31?,32-,35+,36+,37+,38?,40-,41-,42-,43?,46?,47+/m0/s1. The lowest BCUT2D eigenvalue weighted by Crippen LogP contribution is -2.60. The Balaban J connectivity index is 1.15. The Bertz CT molecular complexity index is 2640. The highest BCUT2D eigenvalue weighted by atomic mass is 16.8. The van der Waals surface area contributed by atoms with Gasteiger partial charge in [-0.3, -0.25) is 14.3 Å². The first-order valence-corrected chi connectivity index (χ1v) is 22.5. The maximum absolute atomic E-state index is 14.4. The zero-order valence-corrected chi connectivity index (χ0v) is 38.1. The Kier molecular flexibility index (Phi) is 17.8. The van der Waals surface area contributed by atoms with Crippen molar-refractivity contribution < 1.29 is 123 Å². The fraction of sp³-hybridized carbons (Fsp3) is 0.468. The third-order valence-electron chi connectivity index (χ3n) is 12.4. The molecule has 14 N–H and O–H groups in total. The molecule has 0 aliphatic carbocycles. The van der Waals surface area contributed by atoms with E-state index in [0.29, 0.717) is 0 Å². The van der Waals surface area contributed by atoms with E-state index >= 15 is 0 Å². The highest BCUT2D eigenvalue weighted by Crippen LogP contribution is 2.40. The van der Waals surface area contributed by atoms with Gasteiger partial charge in [0.15, 0.2) is 28.8 Å². The molecule has 0 radical (unpaired) electrons. The number of aliphatic hydroxyl groups is 10. The number of benzene rings is 3. The predicted octanol–water partition coefficient (Wildman–Crippen LogP) is -2.67. The van der Waals surface area contributed by atoms with Crippen LogP contribution in [0.5, 0.6) is 40.2 Å². The lowest BCUT2D eigenvalue weighted by Gasteiger charge is -2.43. The summed E-state index contributed by atoms with van der Waals surface area (Å²) in [7, 11) is 0. The highest BCUT2D eigenvalue weighted by Gasteiger charge is 2.48. The molecular formula is C47H54O26. The summed E-state index contributed by atoms with van der Waals surface area (Å²) < 4.78 is 50.3. The maximum Gasteiger partial charge on any atom is 0.336 e. The third-order valence-corrected chi connectivity index (χ3v) is 12.4. The Morgan fingerprint density at radius 2 is 1.32 bits per heavy atom. The molecule has 3 aliphatic rings. The number of aliphatic hydroxyl groups excluding tert-OH is 10. The first kappa shape index (κ1) is 54.6. The molecule has 3 aliphatic heterocycles. The van der Waals surface area contributed by atoms with Crippen molar-refractivity contribution in [2.75, 3.05) is 33.0 Å². The summed E-state index contributed by atoms with van der Waals surface area (Å²) in [4.78, 5) is 38.3. The molecule has 3 fully saturated rings. The van der Waals surface area contributed by atoms with Gasteiger partial charge in [0.05, 0.1) is 45.2 Å². The van der Waals surface area contributed by atoms with Crippen LogP contribution in [0, 0.1) is 5.92 Å². The average molecular weight is 1030 g/mol. The van der Waals surface area contributed by atoms with Gasteiger partial charge in [0.2, 0.25) is 23.8 Å². The van der Waals surface area contributed by atoms with Gasteiger partial charge in [-0.2, -0.15) is 0 Å². The summed E-state index contributed by atoms with van der Waals surface area (Å²) in [6, 6.07) is 9.14. The van der Waals surface area contributed by atoms with Crippen molar-refractivity contribution in [2.24, 2.45) is 5.92 Å². The summed E-state index contributed by atoms with van der Waals surface area (Å²) in [6.07, 6.45) is -19.9. The van der Waals surface area contributed by atoms with Gasteiger partial charge < -0.3 is 109 Å². The first-order chi connectivity index (χ1) is 34.8. The molecule has 4 heterocycles. The van der Waals surface area contributed by atoms with Gasteiger partial charge in [-0.05, 0) is 54.8 Å². The SMILES string of the molecule is O=COC1O[C@@H](Oc2cc(O)c3c(=O)c(OCCC[C@@H]4OC(CO)[C@@H](O)[C@H](O)C4COC[C@@H]4OC(CO)[C@@H](O)[C@H](O)C4O)c(-c4ccc(O)c(OC(=O)/C=C/c5ccc(O)c(O)c5)c4)oc3c2)C(O)[C@@H](O)[C@@H]1O. The lowest BCUT2D eigenvalue weighted by molar-refractivity contribution is -0.321. The van der Waals surface area contributed by atoms with Crippen LogP contribution in [-0.2, 0) is 33.3 Å². The first-order valence-electron chi connectivity index (χ1n) is 22.5. The summed E-state index contributed by atoms with van der Waals surface area (Å²) in [5.74, 6) is -5.98. The molecular weight excluding hydrogens is 980 g/mol. The van der Waals surface area contributed by atoms with Crippen LogP contribution in [0.3, 0.4) is 0 Å². The fourth-order valence-corrected chi connectivity index (χ4v) is 8.38. The Hall–Kier alpha value is -6.21. The third kappa shape index (κ3) is 12.1. The number of hydrogen-bond donors (Lipinski definition) is 14. The molecule has 15 atom stereocenters. The van der Waals surface area contributed by atoms with Crippen LogP contribution < -0.4 is 19.6 Å². The monoisotopic (exact) mass is 1030 g/mol. The number of aromatic hydroxyl groups is 4. The van der Waals surface area contributed by atoms with Crippen molar-refractivity contribution in [2.45, 2.75) is 98.7 Å². The predicted molar refractivity (Wildman–Crippen MR) is 241 cm³/mol. The maximum atomic E-state index is 14.4. The van der Waals surface area contributed by atoms with Crippen molar-refractivity contribution in [1.82, 2.24) is 0 Å². The van der Waals surface area contributed by atoms with Crippen LogP contribution >= 0.6 is 0 Å². The molecule has 4 aromatic rings. The molecule has 26 nitrogen and oxygen atoms in total. The molecule has 73 heavy (non-hydrogen) atoms. The number of carbonyl (C=O) groups is 2. The van der Waals surface area contributed by atoms with Crippen LogP contribution in [0.1, 0.15) is 18.4 Å². The van der Waals surface area contributed by atoms with Gasteiger partial charge in [-0.25, -0.2) is 4.79 Å². The number of ether oxygens (including phenoxy) is 8. The lowest BCUT2D eigenvalue weighted by atomic mass is 9.85. The summed E-state index contributed by atoms with van der Waals surface area (Å²) in [5.41, 5.74) is -1.17. The number of rotatable bonds is 19. The molecule has 3 saturated heterocycles. The van der Waals surface area contributed by atoms with Gasteiger partial charge in [0.25, 0.3) is 6.47 Å². The van der Waals surface area contributed by atoms with E-state index < -0.39 is 168 Å². The summed E-state index contributed by atoms with van der Waals surface area (Å²) >= 11 is 0. The number of esters is 1. The quantitative estimate of drug-likeness (QED) is 0.0114. The van der Waals surface area contributed by atoms with E-state index in [1.54, 1.807) is 0 Å². The summed E-state index contributed by atoms with van der Waals surface area (Å²) in [6.45, 7) is -2.54. The second kappa shape index (κ2) is 23.8. The summed E-state index contributed by atoms with van der Waals surface area (Å²) in [5, 5.41) is 144. The molecule has 7 rings (SSSR count). The van der Waals surface area contributed by atoms with E-state index in [-0.39, 0.29) is 55.2 Å². The molecule has 0 amide bonds. The number of phenols is 4. The van der Waals surface area contributed by atoms with E-state index in [4.69, 9.17) is 37.6 Å². The molecule has 0 spiro atoms. The van der Waals surface area contributed by atoms with Crippen LogP contribution in [-0.4, -0.2) is 203 Å². The Morgan fingerprint density at radius 3 is 2.01 bits per heavy atom. The molecule has 1 aromatic heterocycles. The van der Waals surface area contributed by atoms with E-state index in [9.17, 15) is 85.9 Å². The fourth-order valence-electron chi connectivity index (χ4n) is 8.38. The van der Waals surface area contributed by atoms with Crippen LogP contribution in [0.25, 0.3) is 28.4 Å². The van der Waals surface area contributed by atoms with Crippen molar-refractivity contribution in [3.8, 4) is 51.6 Å². The van der Waals surface area contributed by atoms with E-state index in [0.717, 1.165) is 36.4 Å². The van der Waals surface area contributed by atoms with Gasteiger partial charge in [0, 0.05) is 29.7 Å². The Morgan fingerprint density at radius 1 is 0.658 bits per heavy atom. The molecule has 0 bridgehead atoms. The van der Waals surface area contributed by atoms with Gasteiger partial charge >= 0.3 is 5.97 Å². The van der Waals surface area contributed by atoms with Crippen molar-refractivity contribution in [3.63, 3.8) is 0 Å². The minimum absolute atomic E-state index is 0.00466. The zero-order valence-electron chi connectivity index (χ0n) is 38.1. The Labute approximate surface area is 411 Å². The second-order valence-corrected chi connectivity index (χ2v) is 17.2. The second-order valence-electron chi connectivity index (χ2n) is 17.2. The van der Waals surface area contributed by atoms with E-state index in [1.807, 2.05) is 0 Å². The number of fused-ring (bicyclic) bond motifs is 1. The normalized spacial score (nSPS) is 30.5. The topological polar surface area (TPSA) is 421 Å². The van der Waals surface area contributed by atoms with Crippen LogP contribution in [0.4, 0.5) is 0 Å². The molecule has 3 aromatic carbocycles. The molecule has 398 valence electrons. The van der Waals surface area contributed by atoms with E-state index in [1.165, 1.54) is 24.3 Å². The minimum Gasteiger partial charge on any atom is -0.507 e.